The lowest BCUT2D eigenvalue weighted by molar-refractivity contribution is -0.385. The average molecular weight is 312 g/mol. The largest absolute Gasteiger partial charge is 0.384 e. The van der Waals surface area contributed by atoms with Gasteiger partial charge in [0, 0.05) is 11.3 Å². The first-order valence-corrected chi connectivity index (χ1v) is 7.84. The number of pyridine rings is 1. The van der Waals surface area contributed by atoms with Gasteiger partial charge in [0.15, 0.2) is 0 Å². The van der Waals surface area contributed by atoms with Crippen LogP contribution in [0.15, 0.2) is 12.3 Å². The predicted molar refractivity (Wildman–Crippen MR) is 84.5 cm³/mol. The molecule has 0 saturated carbocycles. The number of nitrogen functional groups attached to an aromatic ring is 1. The van der Waals surface area contributed by atoms with Crippen LogP contribution in [-0.2, 0) is 0 Å². The number of nitro groups is 1. The molecule has 0 aliphatic heterocycles. The highest BCUT2D eigenvalue weighted by Crippen LogP contribution is 2.29. The molecule has 0 aromatic carbocycles. The first-order chi connectivity index (χ1) is 9.89. The molecule has 1 aromatic rings. The van der Waals surface area contributed by atoms with Crippen LogP contribution >= 0.6 is 11.8 Å². The summed E-state index contributed by atoms with van der Waals surface area (Å²) in [5.74, 6) is -0.427. The van der Waals surface area contributed by atoms with Crippen molar-refractivity contribution in [1.29, 1.82) is 0 Å². The van der Waals surface area contributed by atoms with E-state index in [1.807, 2.05) is 6.26 Å². The molecule has 1 aromatic heterocycles. The van der Waals surface area contributed by atoms with E-state index < -0.39 is 10.8 Å². The Bertz CT molecular complexity index is 524. The Labute approximate surface area is 127 Å². The van der Waals surface area contributed by atoms with E-state index in [0.717, 1.165) is 19.0 Å². The summed E-state index contributed by atoms with van der Waals surface area (Å²) in [6, 6.07) is 1.23. The molecule has 1 heterocycles. The van der Waals surface area contributed by atoms with Gasteiger partial charge in [-0.25, -0.2) is 4.98 Å². The fraction of sp³-hybridized carbons (Fsp3) is 0.538. The van der Waals surface area contributed by atoms with Crippen LogP contribution in [0.3, 0.4) is 0 Å². The summed E-state index contributed by atoms with van der Waals surface area (Å²) in [5, 5.41) is 13.7. The Morgan fingerprint density at radius 1 is 1.52 bits per heavy atom. The zero-order valence-corrected chi connectivity index (χ0v) is 13.2. The Morgan fingerprint density at radius 3 is 2.62 bits per heavy atom. The van der Waals surface area contributed by atoms with E-state index in [2.05, 4.69) is 24.1 Å². The van der Waals surface area contributed by atoms with Crippen molar-refractivity contribution in [2.24, 2.45) is 0 Å². The highest BCUT2D eigenvalue weighted by Gasteiger charge is 2.27. The zero-order chi connectivity index (χ0) is 16.0. The minimum Gasteiger partial charge on any atom is -0.384 e. The second kappa shape index (κ2) is 7.26. The molecule has 1 amide bonds. The molecular formula is C13H20N4O3S. The minimum atomic E-state index is -0.636. The molecule has 0 unspecified atom stereocenters. The number of carbonyl (C=O) groups excluding carboxylic acids is 1. The second-order valence-electron chi connectivity index (χ2n) is 4.66. The summed E-state index contributed by atoms with van der Waals surface area (Å²) in [5.41, 5.74) is 5.10. The number of amides is 1. The molecule has 116 valence electrons. The number of hydrogen-bond acceptors (Lipinski definition) is 6. The molecule has 21 heavy (non-hydrogen) atoms. The Morgan fingerprint density at radius 2 is 2.14 bits per heavy atom. The first kappa shape index (κ1) is 17.2. The van der Waals surface area contributed by atoms with Crippen molar-refractivity contribution in [2.75, 3.05) is 18.5 Å². The van der Waals surface area contributed by atoms with E-state index in [4.69, 9.17) is 5.73 Å². The maximum absolute atomic E-state index is 12.2. The molecule has 0 aliphatic carbocycles. The standard InChI is InChI=1S/C13H20N4O3S/c1-4-13(5-2,21-3)8-16-12(18)9-6-11(14)15-7-10(9)17(19)20/h6-7H,4-5,8H2,1-3H3,(H2,14,15)(H,16,18). The van der Waals surface area contributed by atoms with Gasteiger partial charge in [0.2, 0.25) is 0 Å². The van der Waals surface area contributed by atoms with E-state index in [9.17, 15) is 14.9 Å². The monoisotopic (exact) mass is 312 g/mol. The molecule has 0 spiro atoms. The smallest absolute Gasteiger partial charge is 0.300 e. The van der Waals surface area contributed by atoms with Crippen LogP contribution in [0.1, 0.15) is 37.0 Å². The maximum Gasteiger partial charge on any atom is 0.300 e. The van der Waals surface area contributed by atoms with Crippen LogP contribution in [0.2, 0.25) is 0 Å². The van der Waals surface area contributed by atoms with Gasteiger partial charge in [-0.2, -0.15) is 11.8 Å². The van der Waals surface area contributed by atoms with Crippen LogP contribution in [0.4, 0.5) is 11.5 Å². The van der Waals surface area contributed by atoms with Gasteiger partial charge in [-0.1, -0.05) is 13.8 Å². The zero-order valence-electron chi connectivity index (χ0n) is 12.4. The molecule has 0 radical (unpaired) electrons. The third kappa shape index (κ3) is 4.07. The van der Waals surface area contributed by atoms with E-state index in [1.165, 1.54) is 6.07 Å². The summed E-state index contributed by atoms with van der Waals surface area (Å²) >= 11 is 1.68. The summed E-state index contributed by atoms with van der Waals surface area (Å²) in [6.45, 7) is 4.55. The quantitative estimate of drug-likeness (QED) is 0.590. The number of rotatable bonds is 7. The summed E-state index contributed by atoms with van der Waals surface area (Å²) in [4.78, 5) is 26.2. The number of thioether (sulfide) groups is 1. The lowest BCUT2D eigenvalue weighted by atomic mass is 10.0. The van der Waals surface area contributed by atoms with Gasteiger partial charge in [0.25, 0.3) is 11.6 Å². The van der Waals surface area contributed by atoms with E-state index in [-0.39, 0.29) is 21.8 Å². The molecule has 3 N–H and O–H groups in total. The molecule has 1 rings (SSSR count). The van der Waals surface area contributed by atoms with Gasteiger partial charge in [-0.05, 0) is 25.2 Å². The SMILES string of the molecule is CCC(CC)(CNC(=O)c1cc(N)ncc1[N+](=O)[O-])SC. The number of nitrogens with one attached hydrogen (secondary N) is 1. The normalized spacial score (nSPS) is 11.2. The van der Waals surface area contributed by atoms with E-state index >= 15 is 0 Å². The van der Waals surface area contributed by atoms with E-state index in [1.54, 1.807) is 11.8 Å². The number of aromatic nitrogens is 1. The van der Waals surface area contributed by atoms with Crippen molar-refractivity contribution < 1.29 is 9.72 Å². The van der Waals surface area contributed by atoms with Crippen LogP contribution in [0.5, 0.6) is 0 Å². The lowest BCUT2D eigenvalue weighted by Gasteiger charge is -2.29. The van der Waals surface area contributed by atoms with Gasteiger partial charge in [0.05, 0.1) is 4.92 Å². The third-order valence-corrected chi connectivity index (χ3v) is 5.23. The predicted octanol–water partition coefficient (Wildman–Crippen LogP) is 2.22. The number of nitrogens with zero attached hydrogens (tertiary/aromatic N) is 2. The molecule has 0 aliphatic rings. The van der Waals surface area contributed by atoms with Crippen molar-refractivity contribution in [3.05, 3.63) is 27.9 Å². The van der Waals surface area contributed by atoms with Gasteiger partial charge >= 0.3 is 0 Å². The van der Waals surface area contributed by atoms with Crippen LogP contribution in [-0.4, -0.2) is 33.4 Å². The highest BCUT2D eigenvalue weighted by atomic mass is 32.2. The number of hydrogen-bond donors (Lipinski definition) is 2. The Balaban J connectivity index is 2.95. The fourth-order valence-electron chi connectivity index (χ4n) is 1.99. The molecule has 0 atom stereocenters. The molecule has 0 fully saturated rings. The maximum atomic E-state index is 12.2. The summed E-state index contributed by atoms with van der Waals surface area (Å²) in [6.07, 6.45) is 4.79. The van der Waals surface area contributed by atoms with Gasteiger partial charge < -0.3 is 11.1 Å². The number of carbonyl (C=O) groups is 1. The van der Waals surface area contributed by atoms with Crippen molar-refractivity contribution in [2.45, 2.75) is 31.4 Å². The molecule has 7 nitrogen and oxygen atoms in total. The van der Waals surface area contributed by atoms with Crippen LogP contribution in [0.25, 0.3) is 0 Å². The minimum absolute atomic E-state index is 0.0605. The number of anilines is 1. The van der Waals surface area contributed by atoms with Crippen molar-refractivity contribution in [3.8, 4) is 0 Å². The molecule has 0 bridgehead atoms. The first-order valence-electron chi connectivity index (χ1n) is 6.62. The Kier molecular flexibility index (Phi) is 5.95. The van der Waals surface area contributed by atoms with Crippen molar-refractivity contribution in [3.63, 3.8) is 0 Å². The van der Waals surface area contributed by atoms with E-state index in [0.29, 0.717) is 6.54 Å². The van der Waals surface area contributed by atoms with Crippen LogP contribution < -0.4 is 11.1 Å². The summed E-state index contributed by atoms with van der Waals surface area (Å²) < 4.78 is -0.0665. The Hall–Kier alpha value is -1.83. The van der Waals surface area contributed by atoms with Crippen LogP contribution in [0, 0.1) is 10.1 Å². The second-order valence-corrected chi connectivity index (χ2v) is 5.93. The third-order valence-electron chi connectivity index (χ3n) is 3.64. The van der Waals surface area contributed by atoms with Crippen molar-refractivity contribution >= 4 is 29.2 Å². The highest BCUT2D eigenvalue weighted by molar-refractivity contribution is 8.00. The molecular weight excluding hydrogens is 292 g/mol. The van der Waals surface area contributed by atoms with Gasteiger partial charge in [-0.15, -0.1) is 0 Å². The van der Waals surface area contributed by atoms with Gasteiger partial charge in [-0.3, -0.25) is 14.9 Å². The van der Waals surface area contributed by atoms with Crippen molar-refractivity contribution in [1.82, 2.24) is 10.3 Å². The lowest BCUT2D eigenvalue weighted by Crippen LogP contribution is -2.39. The summed E-state index contributed by atoms with van der Waals surface area (Å²) in [7, 11) is 0. The average Bonchev–Trinajstić information content (AvgIpc) is 2.48. The fourth-order valence-corrected chi connectivity index (χ4v) is 2.78. The molecule has 8 heteroatoms. The van der Waals surface area contributed by atoms with Gasteiger partial charge in [0.1, 0.15) is 17.6 Å². The number of nitrogens with two attached hydrogens (primary N) is 1. The molecule has 0 saturated heterocycles. The topological polar surface area (TPSA) is 111 Å².